The van der Waals surface area contributed by atoms with Crippen LogP contribution in [-0.4, -0.2) is 30.2 Å². The van der Waals surface area contributed by atoms with Crippen molar-refractivity contribution in [2.75, 3.05) is 20.3 Å². The summed E-state index contributed by atoms with van der Waals surface area (Å²) in [6.45, 7) is 0.953. The van der Waals surface area contributed by atoms with Gasteiger partial charge in [0.25, 0.3) is 11.4 Å². The molecule has 6 heteroatoms. The van der Waals surface area contributed by atoms with Crippen molar-refractivity contribution < 1.29 is 9.47 Å². The molecule has 1 rings (SSSR count). The fourth-order valence-corrected chi connectivity index (χ4v) is 0.906. The van der Waals surface area contributed by atoms with Gasteiger partial charge in [-0.2, -0.15) is 0 Å². The minimum absolute atomic E-state index is 0.0875. The molecule has 0 aliphatic heterocycles. The largest absolute Gasteiger partial charge is 0.487 e. The molecule has 0 spiro atoms. The number of rotatable bonds is 5. The van der Waals surface area contributed by atoms with Crippen LogP contribution in [0.1, 0.15) is 6.42 Å². The summed E-state index contributed by atoms with van der Waals surface area (Å²) in [4.78, 5) is 17.4. The van der Waals surface area contributed by atoms with E-state index in [0.29, 0.717) is 19.6 Å². The number of nitrogens with zero attached hydrogens (tertiary/aromatic N) is 1. The molecule has 0 saturated heterocycles. The molecule has 3 N–H and O–H groups in total. The zero-order chi connectivity index (χ0) is 10.4. The number of methoxy groups -OCH3 is 1. The zero-order valence-corrected chi connectivity index (χ0v) is 7.95. The third-order valence-electron chi connectivity index (χ3n) is 1.57. The van der Waals surface area contributed by atoms with Crippen molar-refractivity contribution in [3.63, 3.8) is 0 Å². The summed E-state index contributed by atoms with van der Waals surface area (Å²) >= 11 is 0. The maximum Gasteiger partial charge on any atom is 0.297 e. The second-order valence-corrected chi connectivity index (χ2v) is 2.56. The molecule has 0 atom stereocenters. The standard InChI is InChI=1S/C8H13N3O3/c1-13-6-7(12)10-5-11-8(6)14-4-2-3-9/h5H,2-4,9H2,1H3,(H,10,11,12). The number of ether oxygens (including phenoxy) is 2. The molecule has 0 aromatic carbocycles. The topological polar surface area (TPSA) is 90.2 Å². The summed E-state index contributed by atoms with van der Waals surface area (Å²) in [5, 5.41) is 0. The number of H-pyrrole nitrogens is 1. The Bertz CT molecular complexity index is 337. The minimum atomic E-state index is -0.356. The Morgan fingerprint density at radius 2 is 2.43 bits per heavy atom. The van der Waals surface area contributed by atoms with Crippen molar-refractivity contribution in [2.45, 2.75) is 6.42 Å². The SMILES string of the molecule is COc1c(OCCCN)nc[nH]c1=O. The molecule has 0 amide bonds. The molecular weight excluding hydrogens is 186 g/mol. The van der Waals surface area contributed by atoms with E-state index in [-0.39, 0.29) is 17.2 Å². The zero-order valence-electron chi connectivity index (χ0n) is 7.95. The van der Waals surface area contributed by atoms with Crippen LogP contribution in [0.25, 0.3) is 0 Å². The van der Waals surface area contributed by atoms with Crippen LogP contribution in [0.15, 0.2) is 11.1 Å². The number of aromatic nitrogens is 2. The molecule has 14 heavy (non-hydrogen) atoms. The van der Waals surface area contributed by atoms with Crippen molar-refractivity contribution in [3.05, 3.63) is 16.7 Å². The van der Waals surface area contributed by atoms with Gasteiger partial charge in [0.15, 0.2) is 0 Å². The van der Waals surface area contributed by atoms with Gasteiger partial charge in [0.05, 0.1) is 20.0 Å². The Morgan fingerprint density at radius 3 is 3.07 bits per heavy atom. The first kappa shape index (κ1) is 10.5. The predicted octanol–water partition coefficient (Wildman–Crippen LogP) is -0.494. The highest BCUT2D eigenvalue weighted by molar-refractivity contribution is 5.29. The number of nitrogens with one attached hydrogen (secondary N) is 1. The number of hydrogen-bond donors (Lipinski definition) is 2. The van der Waals surface area contributed by atoms with Crippen LogP contribution in [0.3, 0.4) is 0 Å². The first-order valence-electron chi connectivity index (χ1n) is 4.24. The van der Waals surface area contributed by atoms with Crippen LogP contribution in [0, 0.1) is 0 Å². The Kier molecular flexibility index (Phi) is 3.93. The summed E-state index contributed by atoms with van der Waals surface area (Å²) in [5.41, 5.74) is 4.94. The summed E-state index contributed by atoms with van der Waals surface area (Å²) in [6.07, 6.45) is 1.97. The normalized spacial score (nSPS) is 9.86. The summed E-state index contributed by atoms with van der Waals surface area (Å²) in [5.74, 6) is 0.286. The van der Waals surface area contributed by atoms with Gasteiger partial charge >= 0.3 is 0 Å². The third kappa shape index (κ3) is 2.46. The highest BCUT2D eigenvalue weighted by Crippen LogP contribution is 2.16. The fraction of sp³-hybridized carbons (Fsp3) is 0.500. The van der Waals surface area contributed by atoms with Crippen LogP contribution in [0.2, 0.25) is 0 Å². The van der Waals surface area contributed by atoms with E-state index in [1.807, 2.05) is 0 Å². The van der Waals surface area contributed by atoms with E-state index in [1.54, 1.807) is 0 Å². The third-order valence-corrected chi connectivity index (χ3v) is 1.57. The van der Waals surface area contributed by atoms with E-state index in [1.165, 1.54) is 13.4 Å². The first-order chi connectivity index (χ1) is 6.79. The van der Waals surface area contributed by atoms with E-state index in [0.717, 1.165) is 0 Å². The van der Waals surface area contributed by atoms with Crippen LogP contribution >= 0.6 is 0 Å². The minimum Gasteiger partial charge on any atom is -0.487 e. The molecule has 1 aromatic heterocycles. The lowest BCUT2D eigenvalue weighted by atomic mass is 10.4. The number of hydrogen-bond acceptors (Lipinski definition) is 5. The summed E-state index contributed by atoms with van der Waals surface area (Å²) in [7, 11) is 1.39. The molecule has 1 aromatic rings. The van der Waals surface area contributed by atoms with Gasteiger partial charge in [-0.05, 0) is 13.0 Å². The Balaban J connectivity index is 2.75. The predicted molar refractivity (Wildman–Crippen MR) is 50.6 cm³/mol. The summed E-state index contributed by atoms with van der Waals surface area (Å²) in [6, 6.07) is 0. The van der Waals surface area contributed by atoms with E-state index in [9.17, 15) is 4.79 Å². The Labute approximate surface area is 81.1 Å². The van der Waals surface area contributed by atoms with Crippen molar-refractivity contribution in [3.8, 4) is 11.6 Å². The van der Waals surface area contributed by atoms with Crippen LogP contribution in [0.5, 0.6) is 11.6 Å². The van der Waals surface area contributed by atoms with Gasteiger partial charge < -0.3 is 20.2 Å². The Morgan fingerprint density at radius 1 is 1.64 bits per heavy atom. The van der Waals surface area contributed by atoms with E-state index < -0.39 is 0 Å². The van der Waals surface area contributed by atoms with Crippen LogP contribution in [0.4, 0.5) is 0 Å². The maximum atomic E-state index is 11.2. The van der Waals surface area contributed by atoms with Gasteiger partial charge in [0.1, 0.15) is 0 Å². The highest BCUT2D eigenvalue weighted by atomic mass is 16.5. The smallest absolute Gasteiger partial charge is 0.297 e. The highest BCUT2D eigenvalue weighted by Gasteiger charge is 2.09. The summed E-state index contributed by atoms with van der Waals surface area (Å²) < 4.78 is 10.1. The second kappa shape index (κ2) is 5.23. The van der Waals surface area contributed by atoms with Crippen molar-refractivity contribution in [1.29, 1.82) is 0 Å². The monoisotopic (exact) mass is 199 g/mol. The number of nitrogens with two attached hydrogens (primary N) is 1. The maximum absolute atomic E-state index is 11.2. The molecule has 0 fully saturated rings. The van der Waals surface area contributed by atoms with Gasteiger partial charge in [0, 0.05) is 0 Å². The first-order valence-corrected chi connectivity index (χ1v) is 4.24. The average Bonchev–Trinajstić information content (AvgIpc) is 2.18. The molecule has 0 aliphatic carbocycles. The van der Waals surface area contributed by atoms with Crippen molar-refractivity contribution >= 4 is 0 Å². The molecule has 0 unspecified atom stereocenters. The number of aromatic amines is 1. The molecule has 0 aliphatic rings. The van der Waals surface area contributed by atoms with E-state index in [2.05, 4.69) is 9.97 Å². The van der Waals surface area contributed by atoms with Gasteiger partial charge in [-0.1, -0.05) is 0 Å². The van der Waals surface area contributed by atoms with Gasteiger partial charge in [-0.3, -0.25) is 4.79 Å². The van der Waals surface area contributed by atoms with Gasteiger partial charge in [-0.25, -0.2) is 4.98 Å². The van der Waals surface area contributed by atoms with E-state index in [4.69, 9.17) is 15.2 Å². The quantitative estimate of drug-likeness (QED) is 0.624. The van der Waals surface area contributed by atoms with Crippen molar-refractivity contribution in [1.82, 2.24) is 9.97 Å². The molecular formula is C8H13N3O3. The lowest BCUT2D eigenvalue weighted by molar-refractivity contribution is 0.277. The lowest BCUT2D eigenvalue weighted by Crippen LogP contribution is -2.13. The molecule has 1 heterocycles. The molecule has 0 radical (unpaired) electrons. The second-order valence-electron chi connectivity index (χ2n) is 2.56. The average molecular weight is 199 g/mol. The van der Waals surface area contributed by atoms with E-state index >= 15 is 0 Å². The molecule has 0 saturated carbocycles. The Hall–Kier alpha value is -1.56. The molecule has 6 nitrogen and oxygen atoms in total. The van der Waals surface area contributed by atoms with Crippen LogP contribution in [-0.2, 0) is 0 Å². The lowest BCUT2D eigenvalue weighted by Gasteiger charge is -2.06. The van der Waals surface area contributed by atoms with Gasteiger partial charge in [-0.15, -0.1) is 0 Å². The molecule has 78 valence electrons. The molecule has 0 bridgehead atoms. The van der Waals surface area contributed by atoms with Crippen LogP contribution < -0.4 is 20.8 Å². The fourth-order valence-electron chi connectivity index (χ4n) is 0.906. The van der Waals surface area contributed by atoms with Crippen molar-refractivity contribution in [2.24, 2.45) is 5.73 Å². The van der Waals surface area contributed by atoms with Gasteiger partial charge in [0.2, 0.25) is 5.75 Å².